The number of carbonyl (C=O) groups is 2. The summed E-state index contributed by atoms with van der Waals surface area (Å²) in [7, 11) is -3.83. The minimum absolute atomic E-state index is 0.161. The van der Waals surface area contributed by atoms with Gasteiger partial charge in [0.2, 0.25) is 21.8 Å². The summed E-state index contributed by atoms with van der Waals surface area (Å²) in [6, 6.07) is 11.6. The van der Waals surface area contributed by atoms with Crippen molar-refractivity contribution in [2.75, 3.05) is 36.9 Å². The van der Waals surface area contributed by atoms with Crippen LogP contribution >= 0.6 is 0 Å². The average molecular weight is 518 g/mol. The minimum Gasteiger partial charge on any atom is -0.486 e. The van der Waals surface area contributed by atoms with Gasteiger partial charge in [-0.15, -0.1) is 0 Å². The molecule has 0 unspecified atom stereocenters. The van der Waals surface area contributed by atoms with Crippen molar-refractivity contribution in [3.05, 3.63) is 53.6 Å². The highest BCUT2D eigenvalue weighted by atomic mass is 32.2. The summed E-state index contributed by atoms with van der Waals surface area (Å²) in [6.45, 7) is 8.51. The van der Waals surface area contributed by atoms with Crippen LogP contribution in [0.15, 0.2) is 42.5 Å². The highest BCUT2D eigenvalue weighted by molar-refractivity contribution is 7.92. The van der Waals surface area contributed by atoms with E-state index in [1.807, 2.05) is 45.0 Å². The number of sulfonamides is 1. The van der Waals surface area contributed by atoms with Crippen molar-refractivity contribution in [3.63, 3.8) is 0 Å². The number of fused-ring (bicyclic) bond motifs is 1. The molecule has 2 amide bonds. The van der Waals surface area contributed by atoms with Gasteiger partial charge in [-0.05, 0) is 37.5 Å². The zero-order valence-electron chi connectivity index (χ0n) is 21.5. The van der Waals surface area contributed by atoms with Gasteiger partial charge in [-0.1, -0.05) is 43.7 Å². The van der Waals surface area contributed by atoms with Crippen LogP contribution in [-0.4, -0.2) is 63.7 Å². The molecule has 10 heteroatoms. The van der Waals surface area contributed by atoms with Crippen molar-refractivity contribution < 1.29 is 27.5 Å². The molecule has 2 aromatic carbocycles. The van der Waals surface area contributed by atoms with Crippen LogP contribution in [0.25, 0.3) is 0 Å². The molecule has 0 fully saturated rings. The first-order valence-corrected chi connectivity index (χ1v) is 13.8. The van der Waals surface area contributed by atoms with Crippen molar-refractivity contribution in [3.8, 4) is 11.5 Å². The van der Waals surface area contributed by atoms with Gasteiger partial charge in [0.25, 0.3) is 0 Å². The Kier molecular flexibility index (Phi) is 8.84. The molecule has 2 aromatic rings. The van der Waals surface area contributed by atoms with Crippen LogP contribution in [0.2, 0.25) is 0 Å². The lowest BCUT2D eigenvalue weighted by atomic mass is 10.1. The van der Waals surface area contributed by atoms with Crippen LogP contribution in [0.5, 0.6) is 11.5 Å². The van der Waals surface area contributed by atoms with Crippen LogP contribution in [0.1, 0.15) is 31.9 Å². The van der Waals surface area contributed by atoms with Crippen molar-refractivity contribution >= 4 is 27.5 Å². The number of nitrogens with one attached hydrogen (secondary N) is 1. The number of hydrogen-bond acceptors (Lipinski definition) is 6. The molecule has 0 saturated heterocycles. The number of nitrogens with zero attached hydrogens (tertiary/aromatic N) is 2. The van der Waals surface area contributed by atoms with Gasteiger partial charge in [-0.25, -0.2) is 8.42 Å². The fraction of sp³-hybridized carbons (Fsp3) is 0.462. The molecule has 1 N–H and O–H groups in total. The predicted molar refractivity (Wildman–Crippen MR) is 139 cm³/mol. The van der Waals surface area contributed by atoms with Gasteiger partial charge in [0.1, 0.15) is 25.8 Å². The molecule has 0 radical (unpaired) electrons. The molecule has 196 valence electrons. The number of amides is 2. The lowest BCUT2D eigenvalue weighted by Gasteiger charge is -2.32. The number of ether oxygens (including phenoxy) is 2. The molecule has 1 atom stereocenters. The molecule has 0 bridgehead atoms. The summed E-state index contributed by atoms with van der Waals surface area (Å²) in [4.78, 5) is 27.9. The Morgan fingerprint density at radius 1 is 1.00 bits per heavy atom. The second kappa shape index (κ2) is 11.6. The average Bonchev–Trinajstić information content (AvgIpc) is 2.83. The zero-order valence-corrected chi connectivity index (χ0v) is 22.3. The first-order chi connectivity index (χ1) is 17.0. The monoisotopic (exact) mass is 517 g/mol. The van der Waals surface area contributed by atoms with E-state index in [9.17, 15) is 18.0 Å². The largest absolute Gasteiger partial charge is 0.486 e. The molecule has 3 rings (SSSR count). The molecule has 36 heavy (non-hydrogen) atoms. The van der Waals surface area contributed by atoms with E-state index in [0.29, 0.717) is 31.3 Å². The number of rotatable bonds is 10. The standard InChI is InChI=1S/C26H35N3O6S/c1-18(2)15-27-26(31)20(4)28(16-21-8-6-19(3)7-9-21)25(30)17-29(36(5,32)33)22-10-11-23-24(14-22)35-13-12-34-23/h6-11,14,18,20H,12-13,15-17H2,1-5H3,(H,27,31)/t20-/m0/s1. The summed E-state index contributed by atoms with van der Waals surface area (Å²) in [5, 5.41) is 2.87. The quantitative estimate of drug-likeness (QED) is 0.520. The zero-order chi connectivity index (χ0) is 26.5. The SMILES string of the molecule is Cc1ccc(CN(C(=O)CN(c2ccc3c(c2)OCCO3)S(C)(=O)=O)[C@@H](C)C(=O)NCC(C)C)cc1. The Balaban J connectivity index is 1.89. The van der Waals surface area contributed by atoms with Gasteiger partial charge < -0.3 is 19.7 Å². The first kappa shape index (κ1) is 27.3. The van der Waals surface area contributed by atoms with Crippen LogP contribution in [-0.2, 0) is 26.2 Å². The Hall–Kier alpha value is -3.27. The molecule has 0 spiro atoms. The highest BCUT2D eigenvalue weighted by Gasteiger charge is 2.30. The van der Waals surface area contributed by atoms with Crippen LogP contribution < -0.4 is 19.1 Å². The van der Waals surface area contributed by atoms with Crippen molar-refractivity contribution in [2.45, 2.75) is 40.3 Å². The first-order valence-electron chi connectivity index (χ1n) is 12.0. The van der Waals surface area contributed by atoms with E-state index >= 15 is 0 Å². The summed E-state index contributed by atoms with van der Waals surface area (Å²) in [5.74, 6) is 0.384. The Labute approximate surface area is 213 Å². The smallest absolute Gasteiger partial charge is 0.244 e. The van der Waals surface area contributed by atoms with Crippen LogP contribution in [0, 0.1) is 12.8 Å². The summed E-state index contributed by atoms with van der Waals surface area (Å²) < 4.78 is 37.6. The van der Waals surface area contributed by atoms with Gasteiger partial charge in [-0.2, -0.15) is 0 Å². The maximum Gasteiger partial charge on any atom is 0.244 e. The minimum atomic E-state index is -3.83. The topological polar surface area (TPSA) is 105 Å². The lowest BCUT2D eigenvalue weighted by Crippen LogP contribution is -2.51. The van der Waals surface area contributed by atoms with Crippen molar-refractivity contribution in [1.29, 1.82) is 0 Å². The molecule has 1 heterocycles. The van der Waals surface area contributed by atoms with Gasteiger partial charge >= 0.3 is 0 Å². The maximum atomic E-state index is 13.6. The van der Waals surface area contributed by atoms with E-state index in [0.717, 1.165) is 21.7 Å². The maximum absolute atomic E-state index is 13.6. The van der Waals surface area contributed by atoms with Gasteiger partial charge in [0, 0.05) is 19.2 Å². The summed E-state index contributed by atoms with van der Waals surface area (Å²) >= 11 is 0. The molecule has 1 aliphatic heterocycles. The molecular weight excluding hydrogens is 482 g/mol. The fourth-order valence-electron chi connectivity index (χ4n) is 3.73. The third-order valence-electron chi connectivity index (χ3n) is 5.82. The number of benzene rings is 2. The van der Waals surface area contributed by atoms with Crippen molar-refractivity contribution in [2.24, 2.45) is 5.92 Å². The normalized spacial score (nSPS) is 13.7. The summed E-state index contributed by atoms with van der Waals surface area (Å²) in [5.41, 5.74) is 2.19. The highest BCUT2D eigenvalue weighted by Crippen LogP contribution is 2.34. The van der Waals surface area contributed by atoms with E-state index in [2.05, 4.69) is 5.32 Å². The molecule has 0 saturated carbocycles. The molecule has 0 aromatic heterocycles. The number of carbonyl (C=O) groups excluding carboxylic acids is 2. The van der Waals surface area contributed by atoms with E-state index in [1.165, 1.54) is 4.90 Å². The van der Waals surface area contributed by atoms with E-state index in [-0.39, 0.29) is 24.1 Å². The molecule has 9 nitrogen and oxygen atoms in total. The van der Waals surface area contributed by atoms with Gasteiger partial charge in [0.05, 0.1) is 11.9 Å². The third kappa shape index (κ3) is 7.13. The third-order valence-corrected chi connectivity index (χ3v) is 6.96. The predicted octanol–water partition coefficient (Wildman–Crippen LogP) is 2.72. The van der Waals surface area contributed by atoms with E-state index < -0.39 is 28.5 Å². The summed E-state index contributed by atoms with van der Waals surface area (Å²) in [6.07, 6.45) is 1.04. The fourth-order valence-corrected chi connectivity index (χ4v) is 4.57. The number of anilines is 1. The van der Waals surface area contributed by atoms with Crippen LogP contribution in [0.3, 0.4) is 0 Å². The Morgan fingerprint density at radius 2 is 1.64 bits per heavy atom. The molecular formula is C26H35N3O6S. The second-order valence-corrected chi connectivity index (χ2v) is 11.3. The van der Waals surface area contributed by atoms with Crippen molar-refractivity contribution in [1.82, 2.24) is 10.2 Å². The molecule has 1 aliphatic rings. The lowest BCUT2D eigenvalue weighted by molar-refractivity contribution is -0.139. The Morgan fingerprint density at radius 3 is 2.25 bits per heavy atom. The second-order valence-electron chi connectivity index (χ2n) is 9.42. The van der Waals surface area contributed by atoms with Crippen LogP contribution in [0.4, 0.5) is 5.69 Å². The number of hydrogen-bond donors (Lipinski definition) is 1. The van der Waals surface area contributed by atoms with E-state index in [4.69, 9.17) is 9.47 Å². The number of aryl methyl sites for hydroxylation is 1. The Bertz CT molecular complexity index is 1180. The van der Waals surface area contributed by atoms with Gasteiger partial charge in [-0.3, -0.25) is 13.9 Å². The van der Waals surface area contributed by atoms with E-state index in [1.54, 1.807) is 25.1 Å². The molecule has 0 aliphatic carbocycles. The van der Waals surface area contributed by atoms with Gasteiger partial charge in [0.15, 0.2) is 11.5 Å².